The topological polar surface area (TPSA) is 93.2 Å². The van der Waals surface area contributed by atoms with Crippen LogP contribution in [0.3, 0.4) is 0 Å². The van der Waals surface area contributed by atoms with Crippen LogP contribution in [0.2, 0.25) is 0 Å². The molecule has 7 heteroatoms. The van der Waals surface area contributed by atoms with Crippen LogP contribution in [-0.2, 0) is 0 Å². The molecule has 0 bridgehead atoms. The summed E-state index contributed by atoms with van der Waals surface area (Å²) >= 11 is 0. The molecule has 0 radical (unpaired) electrons. The zero-order chi connectivity index (χ0) is 19.1. The highest BCUT2D eigenvalue weighted by Crippen LogP contribution is 2.30. The van der Waals surface area contributed by atoms with Gasteiger partial charge < -0.3 is 19.6 Å². The van der Waals surface area contributed by atoms with Gasteiger partial charge in [-0.25, -0.2) is 4.98 Å². The van der Waals surface area contributed by atoms with Crippen LogP contribution in [0.15, 0.2) is 21.1 Å². The van der Waals surface area contributed by atoms with Crippen LogP contribution in [0.4, 0.5) is 0 Å². The number of carbonyl (C=O) groups excluding carboxylic acids is 1. The third kappa shape index (κ3) is 3.23. The Morgan fingerprint density at radius 3 is 2.81 bits per heavy atom. The number of hydrogen-bond donors (Lipinski definition) is 2. The van der Waals surface area contributed by atoms with Gasteiger partial charge >= 0.3 is 0 Å². The highest BCUT2D eigenvalue weighted by molar-refractivity contribution is 6.07. The minimum absolute atomic E-state index is 0.119. The smallest absolute Gasteiger partial charge is 0.259 e. The van der Waals surface area contributed by atoms with E-state index in [-0.39, 0.29) is 11.9 Å². The molecule has 142 valence electrons. The first-order valence-electron chi connectivity index (χ1n) is 9.30. The molecule has 1 aliphatic rings. The van der Waals surface area contributed by atoms with Gasteiger partial charge in [0.1, 0.15) is 11.5 Å². The van der Waals surface area contributed by atoms with Gasteiger partial charge in [0.15, 0.2) is 0 Å². The number of nitrogens with one attached hydrogen (secondary N) is 2. The van der Waals surface area contributed by atoms with E-state index in [2.05, 4.69) is 27.7 Å². The maximum atomic E-state index is 13.1. The van der Waals surface area contributed by atoms with Crippen molar-refractivity contribution in [2.75, 3.05) is 13.1 Å². The van der Waals surface area contributed by atoms with E-state index in [1.807, 2.05) is 32.9 Å². The Morgan fingerprint density at radius 2 is 2.11 bits per heavy atom. The number of piperidine rings is 1. The minimum Gasteiger partial charge on any atom is -0.466 e. The highest BCUT2D eigenvalue weighted by atomic mass is 16.5. The number of aryl methyl sites for hydroxylation is 3. The van der Waals surface area contributed by atoms with E-state index in [4.69, 9.17) is 8.94 Å². The second-order valence-corrected chi connectivity index (χ2v) is 7.38. The maximum Gasteiger partial charge on any atom is 0.259 e. The fraction of sp³-hybridized carbons (Fsp3) is 0.450. The van der Waals surface area contributed by atoms with Gasteiger partial charge in [-0.1, -0.05) is 12.1 Å². The molecule has 1 aliphatic heterocycles. The van der Waals surface area contributed by atoms with Crippen molar-refractivity contribution in [1.82, 2.24) is 20.8 Å². The summed E-state index contributed by atoms with van der Waals surface area (Å²) in [7, 11) is 0. The second kappa shape index (κ2) is 6.81. The molecular formula is C20H24N4O3. The van der Waals surface area contributed by atoms with Gasteiger partial charge in [-0.05, 0) is 58.3 Å². The van der Waals surface area contributed by atoms with Crippen LogP contribution in [0.5, 0.6) is 0 Å². The van der Waals surface area contributed by atoms with Crippen molar-refractivity contribution in [3.63, 3.8) is 0 Å². The lowest BCUT2D eigenvalue weighted by Crippen LogP contribution is -2.48. The van der Waals surface area contributed by atoms with Gasteiger partial charge in [0.25, 0.3) is 11.6 Å². The number of rotatable bonds is 3. The van der Waals surface area contributed by atoms with Crippen molar-refractivity contribution < 1.29 is 13.7 Å². The summed E-state index contributed by atoms with van der Waals surface area (Å²) in [6.45, 7) is 9.56. The van der Waals surface area contributed by atoms with Gasteiger partial charge in [-0.15, -0.1) is 0 Å². The van der Waals surface area contributed by atoms with E-state index in [1.165, 1.54) is 0 Å². The van der Waals surface area contributed by atoms with Gasteiger partial charge in [0.2, 0.25) is 0 Å². The van der Waals surface area contributed by atoms with Crippen molar-refractivity contribution >= 4 is 17.0 Å². The molecule has 4 rings (SSSR count). The van der Waals surface area contributed by atoms with Crippen molar-refractivity contribution in [3.8, 4) is 11.3 Å². The summed E-state index contributed by atoms with van der Waals surface area (Å²) in [4.78, 5) is 17.7. The largest absolute Gasteiger partial charge is 0.466 e. The second-order valence-electron chi connectivity index (χ2n) is 7.38. The SMILES string of the molecule is Cc1cc(-c2cc(C(=O)NC3CCNCC3C)c3c(C)noc3n2)c(C)o1. The van der Waals surface area contributed by atoms with Gasteiger partial charge in [-0.2, -0.15) is 0 Å². The number of fused-ring (bicyclic) bond motifs is 1. The number of aromatic nitrogens is 2. The summed E-state index contributed by atoms with van der Waals surface area (Å²) in [6, 6.07) is 3.87. The van der Waals surface area contributed by atoms with Crippen LogP contribution in [0.25, 0.3) is 22.4 Å². The fourth-order valence-corrected chi connectivity index (χ4v) is 3.77. The first-order valence-corrected chi connectivity index (χ1v) is 9.30. The molecule has 7 nitrogen and oxygen atoms in total. The molecule has 4 heterocycles. The van der Waals surface area contributed by atoms with Crippen LogP contribution in [0, 0.1) is 26.7 Å². The molecular weight excluding hydrogens is 344 g/mol. The predicted octanol–water partition coefficient (Wildman–Crippen LogP) is 3.14. The van der Waals surface area contributed by atoms with Crippen LogP contribution in [0.1, 0.15) is 40.9 Å². The quantitative estimate of drug-likeness (QED) is 0.738. The third-order valence-corrected chi connectivity index (χ3v) is 5.28. The number of pyridine rings is 1. The van der Waals surface area contributed by atoms with E-state index in [9.17, 15) is 4.79 Å². The fourth-order valence-electron chi connectivity index (χ4n) is 3.77. The molecule has 1 saturated heterocycles. The Labute approximate surface area is 157 Å². The Bertz CT molecular complexity index is 1000. The first-order chi connectivity index (χ1) is 12.9. The lowest BCUT2D eigenvalue weighted by molar-refractivity contribution is 0.0916. The Kier molecular flexibility index (Phi) is 4.47. The lowest BCUT2D eigenvalue weighted by atomic mass is 9.94. The molecule has 0 spiro atoms. The van der Waals surface area contributed by atoms with E-state index < -0.39 is 0 Å². The number of furan rings is 1. The number of amides is 1. The van der Waals surface area contributed by atoms with E-state index >= 15 is 0 Å². The predicted molar refractivity (Wildman–Crippen MR) is 102 cm³/mol. The lowest BCUT2D eigenvalue weighted by Gasteiger charge is -2.30. The van der Waals surface area contributed by atoms with Crippen molar-refractivity contribution in [3.05, 3.63) is 34.9 Å². The number of nitrogens with zero attached hydrogens (tertiary/aromatic N) is 2. The molecule has 1 fully saturated rings. The van der Waals surface area contributed by atoms with E-state index in [1.54, 1.807) is 0 Å². The van der Waals surface area contributed by atoms with Crippen molar-refractivity contribution in [2.45, 2.75) is 40.2 Å². The monoisotopic (exact) mass is 368 g/mol. The first kappa shape index (κ1) is 17.7. The Balaban J connectivity index is 1.77. The molecule has 0 saturated carbocycles. The molecule has 3 aromatic heterocycles. The Morgan fingerprint density at radius 1 is 1.30 bits per heavy atom. The molecule has 2 atom stereocenters. The van der Waals surface area contributed by atoms with Crippen molar-refractivity contribution in [2.24, 2.45) is 5.92 Å². The highest BCUT2D eigenvalue weighted by Gasteiger charge is 2.26. The van der Waals surface area contributed by atoms with Crippen LogP contribution >= 0.6 is 0 Å². The third-order valence-electron chi connectivity index (χ3n) is 5.28. The zero-order valence-electron chi connectivity index (χ0n) is 16.0. The van der Waals surface area contributed by atoms with Gasteiger partial charge in [-0.3, -0.25) is 4.79 Å². The van der Waals surface area contributed by atoms with Gasteiger partial charge in [0, 0.05) is 11.6 Å². The van der Waals surface area contributed by atoms with E-state index in [0.717, 1.165) is 36.6 Å². The maximum absolute atomic E-state index is 13.1. The molecule has 0 aromatic carbocycles. The molecule has 3 aromatic rings. The van der Waals surface area contributed by atoms with Crippen LogP contribution < -0.4 is 10.6 Å². The minimum atomic E-state index is -0.119. The summed E-state index contributed by atoms with van der Waals surface area (Å²) < 4.78 is 11.0. The molecule has 2 unspecified atom stereocenters. The van der Waals surface area contributed by atoms with Gasteiger partial charge in [0.05, 0.1) is 22.3 Å². The molecule has 2 N–H and O–H groups in total. The summed E-state index contributed by atoms with van der Waals surface area (Å²) in [5.74, 6) is 1.81. The zero-order valence-corrected chi connectivity index (χ0v) is 16.0. The summed E-state index contributed by atoms with van der Waals surface area (Å²) in [5.41, 5.74) is 3.07. The van der Waals surface area contributed by atoms with E-state index in [0.29, 0.717) is 34.0 Å². The summed E-state index contributed by atoms with van der Waals surface area (Å²) in [6.07, 6.45) is 0.913. The average Bonchev–Trinajstić information content (AvgIpc) is 3.18. The Hall–Kier alpha value is -2.67. The normalized spacial score (nSPS) is 20.1. The molecule has 27 heavy (non-hydrogen) atoms. The number of carbonyl (C=O) groups is 1. The number of hydrogen-bond acceptors (Lipinski definition) is 6. The average molecular weight is 368 g/mol. The standard InChI is InChI=1S/C20H24N4O3/c1-10-9-21-6-5-16(10)22-19(25)15-8-17(14-7-11(2)26-13(14)4)23-20-18(15)12(3)24-27-20/h7-8,10,16,21H,5-6,9H2,1-4H3,(H,22,25). The molecule has 1 amide bonds. The summed E-state index contributed by atoms with van der Waals surface area (Å²) in [5, 5.41) is 11.2. The molecule has 0 aliphatic carbocycles. The van der Waals surface area contributed by atoms with Crippen molar-refractivity contribution in [1.29, 1.82) is 0 Å². The van der Waals surface area contributed by atoms with Crippen LogP contribution in [-0.4, -0.2) is 35.2 Å².